The number of hydrogen-bond acceptors (Lipinski definition) is 3. The lowest BCUT2D eigenvalue weighted by atomic mass is 10.0. The first-order chi connectivity index (χ1) is 8.11. The van der Waals surface area contributed by atoms with E-state index in [1.807, 2.05) is 0 Å². The molecule has 0 saturated heterocycles. The summed E-state index contributed by atoms with van der Waals surface area (Å²) in [6.07, 6.45) is 4.10. The maximum absolute atomic E-state index is 11.0. The summed E-state index contributed by atoms with van der Waals surface area (Å²) in [6, 6.07) is 3.22. The van der Waals surface area contributed by atoms with Crippen molar-refractivity contribution in [2.24, 2.45) is 0 Å². The Hall–Kier alpha value is -2.63. The van der Waals surface area contributed by atoms with E-state index in [1.165, 1.54) is 12.4 Å². The number of H-pyrrole nitrogens is 1. The van der Waals surface area contributed by atoms with E-state index in [2.05, 4.69) is 9.97 Å². The maximum Gasteiger partial charge on any atom is 0.352 e. The minimum atomic E-state index is -1.21. The van der Waals surface area contributed by atoms with Crippen LogP contribution >= 0.6 is 0 Å². The van der Waals surface area contributed by atoms with Crippen molar-refractivity contribution >= 4 is 11.9 Å². The molecule has 0 spiro atoms. The molecule has 17 heavy (non-hydrogen) atoms. The molecule has 0 aliphatic rings. The molecule has 0 aliphatic carbocycles. The number of carboxylic acids is 2. The van der Waals surface area contributed by atoms with Gasteiger partial charge in [-0.2, -0.15) is 0 Å². The fraction of sp³-hybridized carbons (Fsp3) is 0. The molecular weight excluding hydrogens is 224 g/mol. The van der Waals surface area contributed by atoms with Crippen molar-refractivity contribution in [1.29, 1.82) is 0 Å². The van der Waals surface area contributed by atoms with Crippen LogP contribution in [0.2, 0.25) is 0 Å². The Bertz CT molecular complexity index is 543. The molecule has 0 radical (unpaired) electrons. The van der Waals surface area contributed by atoms with Crippen LogP contribution in [0.25, 0.3) is 11.1 Å². The Morgan fingerprint density at radius 1 is 1.24 bits per heavy atom. The zero-order valence-electron chi connectivity index (χ0n) is 8.54. The largest absolute Gasteiger partial charge is 0.478 e. The fourth-order valence-corrected chi connectivity index (χ4v) is 1.57. The third kappa shape index (κ3) is 1.87. The summed E-state index contributed by atoms with van der Waals surface area (Å²) in [5.74, 6) is -2.40. The summed E-state index contributed by atoms with van der Waals surface area (Å²) in [5, 5.41) is 18.0. The van der Waals surface area contributed by atoms with Crippen molar-refractivity contribution in [1.82, 2.24) is 9.97 Å². The van der Waals surface area contributed by atoms with Gasteiger partial charge in [0.25, 0.3) is 0 Å². The zero-order chi connectivity index (χ0) is 12.4. The summed E-state index contributed by atoms with van der Waals surface area (Å²) in [6.45, 7) is 0. The molecule has 86 valence electrons. The summed E-state index contributed by atoms with van der Waals surface area (Å²) in [7, 11) is 0. The molecular formula is C11H8N2O4. The number of pyridine rings is 1. The molecule has 0 atom stereocenters. The van der Waals surface area contributed by atoms with Crippen LogP contribution in [0.3, 0.4) is 0 Å². The second kappa shape index (κ2) is 4.09. The quantitative estimate of drug-likeness (QED) is 0.743. The minimum Gasteiger partial charge on any atom is -0.478 e. The SMILES string of the molecule is O=C(O)c1c[nH]c(C(=O)O)c1-c1cccnc1. The Morgan fingerprint density at radius 3 is 2.53 bits per heavy atom. The summed E-state index contributed by atoms with van der Waals surface area (Å²) < 4.78 is 0. The molecule has 3 N–H and O–H groups in total. The van der Waals surface area contributed by atoms with Gasteiger partial charge in [0.15, 0.2) is 0 Å². The molecule has 6 heteroatoms. The fourth-order valence-electron chi connectivity index (χ4n) is 1.57. The van der Waals surface area contributed by atoms with Gasteiger partial charge in [0, 0.05) is 29.7 Å². The third-order valence-corrected chi connectivity index (χ3v) is 2.27. The van der Waals surface area contributed by atoms with Crippen LogP contribution in [0, 0.1) is 0 Å². The first-order valence-electron chi connectivity index (χ1n) is 4.69. The second-order valence-corrected chi connectivity index (χ2v) is 3.30. The van der Waals surface area contributed by atoms with Crippen LogP contribution in [0.1, 0.15) is 20.8 Å². The number of rotatable bonds is 3. The van der Waals surface area contributed by atoms with Gasteiger partial charge in [-0.25, -0.2) is 9.59 Å². The highest BCUT2D eigenvalue weighted by Gasteiger charge is 2.22. The zero-order valence-corrected chi connectivity index (χ0v) is 8.54. The van der Waals surface area contributed by atoms with E-state index >= 15 is 0 Å². The van der Waals surface area contributed by atoms with Gasteiger partial charge in [0.05, 0.1) is 5.56 Å². The number of hydrogen-bond donors (Lipinski definition) is 3. The molecule has 2 aromatic rings. The molecule has 0 unspecified atom stereocenters. The van der Waals surface area contributed by atoms with E-state index in [9.17, 15) is 9.59 Å². The molecule has 0 amide bonds. The van der Waals surface area contributed by atoms with E-state index in [1.54, 1.807) is 12.1 Å². The molecule has 0 aliphatic heterocycles. The van der Waals surface area contributed by atoms with Crippen LogP contribution in [0.15, 0.2) is 30.7 Å². The number of carboxylic acid groups (broad SMARTS) is 2. The number of aromatic nitrogens is 2. The smallest absolute Gasteiger partial charge is 0.352 e. The average molecular weight is 232 g/mol. The van der Waals surface area contributed by atoms with Gasteiger partial charge in [0.2, 0.25) is 0 Å². The number of nitrogens with one attached hydrogen (secondary N) is 1. The number of aromatic carboxylic acids is 2. The van der Waals surface area contributed by atoms with Gasteiger partial charge >= 0.3 is 11.9 Å². The van der Waals surface area contributed by atoms with Gasteiger partial charge in [-0.05, 0) is 6.07 Å². The second-order valence-electron chi connectivity index (χ2n) is 3.30. The minimum absolute atomic E-state index is 0.0876. The highest BCUT2D eigenvalue weighted by Crippen LogP contribution is 2.27. The van der Waals surface area contributed by atoms with Crippen molar-refractivity contribution in [2.45, 2.75) is 0 Å². The highest BCUT2D eigenvalue weighted by molar-refractivity contribution is 6.04. The molecule has 2 heterocycles. The predicted molar refractivity (Wildman–Crippen MR) is 57.9 cm³/mol. The van der Waals surface area contributed by atoms with Gasteiger partial charge < -0.3 is 15.2 Å². The summed E-state index contributed by atoms with van der Waals surface area (Å²) in [5.41, 5.74) is 0.340. The topological polar surface area (TPSA) is 103 Å². The Morgan fingerprint density at radius 2 is 2.00 bits per heavy atom. The molecule has 2 rings (SSSR count). The Balaban J connectivity index is 2.69. The summed E-state index contributed by atoms with van der Waals surface area (Å²) in [4.78, 5) is 28.3. The van der Waals surface area contributed by atoms with Crippen LogP contribution < -0.4 is 0 Å². The monoisotopic (exact) mass is 232 g/mol. The lowest BCUT2D eigenvalue weighted by Crippen LogP contribution is -2.02. The maximum atomic E-state index is 11.0. The lowest BCUT2D eigenvalue weighted by Gasteiger charge is -2.01. The van der Waals surface area contributed by atoms with Gasteiger partial charge in [0.1, 0.15) is 5.69 Å². The first-order valence-corrected chi connectivity index (χ1v) is 4.69. The molecule has 0 aromatic carbocycles. The van der Waals surface area contributed by atoms with E-state index < -0.39 is 11.9 Å². The van der Waals surface area contributed by atoms with Crippen molar-refractivity contribution in [3.05, 3.63) is 42.0 Å². The molecule has 2 aromatic heterocycles. The third-order valence-electron chi connectivity index (χ3n) is 2.27. The van der Waals surface area contributed by atoms with Crippen LogP contribution in [-0.4, -0.2) is 32.1 Å². The molecule has 0 fully saturated rings. The molecule has 0 bridgehead atoms. The Labute approximate surface area is 95.6 Å². The number of nitrogens with zero attached hydrogens (tertiary/aromatic N) is 1. The normalized spacial score (nSPS) is 10.1. The van der Waals surface area contributed by atoms with E-state index in [0.29, 0.717) is 5.56 Å². The standard InChI is InChI=1S/C11H8N2O4/c14-10(15)7-5-13-9(11(16)17)8(7)6-2-1-3-12-4-6/h1-5,13H,(H,14,15)(H,16,17). The first kappa shape index (κ1) is 10.9. The average Bonchev–Trinajstić information content (AvgIpc) is 2.74. The van der Waals surface area contributed by atoms with Crippen LogP contribution in [0.4, 0.5) is 0 Å². The van der Waals surface area contributed by atoms with Gasteiger partial charge in [-0.1, -0.05) is 6.07 Å². The number of carbonyl (C=O) groups is 2. The van der Waals surface area contributed by atoms with Crippen LogP contribution in [0.5, 0.6) is 0 Å². The Kier molecular flexibility index (Phi) is 2.61. The van der Waals surface area contributed by atoms with Gasteiger partial charge in [-0.3, -0.25) is 4.98 Å². The molecule has 6 nitrogen and oxygen atoms in total. The highest BCUT2D eigenvalue weighted by atomic mass is 16.4. The summed E-state index contributed by atoms with van der Waals surface area (Å²) >= 11 is 0. The van der Waals surface area contributed by atoms with Crippen molar-refractivity contribution in [3.63, 3.8) is 0 Å². The number of aromatic amines is 1. The van der Waals surface area contributed by atoms with E-state index in [-0.39, 0.29) is 16.8 Å². The molecule has 0 saturated carbocycles. The van der Waals surface area contributed by atoms with Crippen molar-refractivity contribution < 1.29 is 19.8 Å². The van der Waals surface area contributed by atoms with Crippen LogP contribution in [-0.2, 0) is 0 Å². The predicted octanol–water partition coefficient (Wildman–Crippen LogP) is 1.47. The van der Waals surface area contributed by atoms with Crippen molar-refractivity contribution in [2.75, 3.05) is 0 Å². The van der Waals surface area contributed by atoms with E-state index in [0.717, 1.165) is 6.20 Å². The van der Waals surface area contributed by atoms with Crippen molar-refractivity contribution in [3.8, 4) is 11.1 Å². The van der Waals surface area contributed by atoms with Gasteiger partial charge in [-0.15, -0.1) is 0 Å². The lowest BCUT2D eigenvalue weighted by molar-refractivity contribution is 0.0688. The van der Waals surface area contributed by atoms with E-state index in [4.69, 9.17) is 10.2 Å².